The lowest BCUT2D eigenvalue weighted by Crippen LogP contribution is -2.48. The van der Waals surface area contributed by atoms with Gasteiger partial charge >= 0.3 is 0 Å². The van der Waals surface area contributed by atoms with E-state index in [1.807, 2.05) is 47.4 Å². The van der Waals surface area contributed by atoms with E-state index in [0.29, 0.717) is 42.4 Å². The molecule has 1 N–H and O–H groups in total. The van der Waals surface area contributed by atoms with Gasteiger partial charge in [0, 0.05) is 37.3 Å². The van der Waals surface area contributed by atoms with Crippen LogP contribution in [-0.2, 0) is 0 Å². The third kappa shape index (κ3) is 4.13. The molecular formula is C25H22ClN5O3. The summed E-state index contributed by atoms with van der Waals surface area (Å²) in [5.41, 5.74) is 2.60. The van der Waals surface area contributed by atoms with Crippen LogP contribution in [0.1, 0.15) is 17.2 Å². The number of hydrogen-bond donors (Lipinski definition) is 1. The highest BCUT2D eigenvalue weighted by Gasteiger charge is 2.30. The number of nitrogens with zero attached hydrogens (tertiary/aromatic N) is 4. The zero-order valence-electron chi connectivity index (χ0n) is 18.2. The highest BCUT2D eigenvalue weighted by Crippen LogP contribution is 2.36. The zero-order chi connectivity index (χ0) is 23.7. The van der Waals surface area contributed by atoms with E-state index < -0.39 is 10.5 Å². The van der Waals surface area contributed by atoms with Crippen LogP contribution >= 0.6 is 11.6 Å². The van der Waals surface area contributed by atoms with Gasteiger partial charge in [-0.1, -0.05) is 60.1 Å². The molecule has 0 saturated carbocycles. The highest BCUT2D eigenvalue weighted by molar-refractivity contribution is 6.31. The molecule has 34 heavy (non-hydrogen) atoms. The molecule has 0 bridgehead atoms. The molecule has 8 nitrogen and oxygen atoms in total. The molecule has 0 spiro atoms. The Morgan fingerprint density at radius 1 is 1.00 bits per heavy atom. The summed E-state index contributed by atoms with van der Waals surface area (Å²) in [4.78, 5) is 34.5. The van der Waals surface area contributed by atoms with Crippen molar-refractivity contribution in [2.24, 2.45) is 0 Å². The largest absolute Gasteiger partial charge is 0.363 e. The molecule has 172 valence electrons. The first-order valence-electron chi connectivity index (χ1n) is 11.0. The number of aromatic amines is 1. The summed E-state index contributed by atoms with van der Waals surface area (Å²) < 4.78 is 0. The molecule has 0 amide bonds. The van der Waals surface area contributed by atoms with Crippen LogP contribution in [0, 0.1) is 10.1 Å². The number of hydrogen-bond acceptors (Lipinski definition) is 6. The van der Waals surface area contributed by atoms with E-state index in [2.05, 4.69) is 27.0 Å². The number of aromatic nitrogens is 2. The summed E-state index contributed by atoms with van der Waals surface area (Å²) >= 11 is 6.59. The fourth-order valence-corrected chi connectivity index (χ4v) is 4.87. The zero-order valence-corrected chi connectivity index (χ0v) is 19.0. The van der Waals surface area contributed by atoms with E-state index >= 15 is 0 Å². The Hall–Kier alpha value is -3.75. The Bertz CT molecular complexity index is 1400. The number of rotatable bonds is 5. The molecule has 1 unspecified atom stereocenters. The maximum atomic E-state index is 12.1. The average molecular weight is 476 g/mol. The van der Waals surface area contributed by atoms with Crippen molar-refractivity contribution in [1.82, 2.24) is 14.9 Å². The second-order valence-electron chi connectivity index (χ2n) is 8.20. The van der Waals surface area contributed by atoms with Crippen LogP contribution in [0.5, 0.6) is 0 Å². The number of nitro groups is 1. The van der Waals surface area contributed by atoms with Gasteiger partial charge in [0.15, 0.2) is 0 Å². The molecule has 0 aliphatic carbocycles. The van der Waals surface area contributed by atoms with Gasteiger partial charge in [0.25, 0.3) is 11.2 Å². The molecule has 5 rings (SSSR count). The van der Waals surface area contributed by atoms with Crippen molar-refractivity contribution in [3.8, 4) is 0 Å². The molecule has 4 aromatic rings. The van der Waals surface area contributed by atoms with E-state index in [4.69, 9.17) is 11.6 Å². The van der Waals surface area contributed by atoms with Gasteiger partial charge in [-0.3, -0.25) is 19.8 Å². The molecule has 1 saturated heterocycles. The van der Waals surface area contributed by atoms with Gasteiger partial charge < -0.3 is 9.88 Å². The number of H-pyrrole nitrogens is 1. The minimum atomic E-state index is -0.440. The molecule has 0 radical (unpaired) electrons. The fraction of sp³-hybridized carbons (Fsp3) is 0.200. The predicted molar refractivity (Wildman–Crippen MR) is 133 cm³/mol. The van der Waals surface area contributed by atoms with Crippen molar-refractivity contribution >= 4 is 33.9 Å². The van der Waals surface area contributed by atoms with Gasteiger partial charge in [-0.05, 0) is 23.3 Å². The third-order valence-electron chi connectivity index (χ3n) is 6.27. The van der Waals surface area contributed by atoms with Gasteiger partial charge in [-0.25, -0.2) is 4.98 Å². The Kier molecular flexibility index (Phi) is 6.00. The van der Waals surface area contributed by atoms with E-state index in [9.17, 15) is 14.9 Å². The number of benzene rings is 3. The molecule has 1 atom stereocenters. The average Bonchev–Trinajstić information content (AvgIpc) is 2.86. The van der Waals surface area contributed by atoms with Crippen molar-refractivity contribution in [1.29, 1.82) is 0 Å². The quantitative estimate of drug-likeness (QED) is 0.339. The van der Waals surface area contributed by atoms with Gasteiger partial charge in [-0.15, -0.1) is 0 Å². The van der Waals surface area contributed by atoms with Crippen molar-refractivity contribution in [2.45, 2.75) is 6.04 Å². The van der Waals surface area contributed by atoms with Crippen LogP contribution < -0.4 is 10.5 Å². The normalized spacial score (nSPS) is 15.4. The number of fused-ring (bicyclic) bond motifs is 1. The maximum absolute atomic E-state index is 12.1. The molecule has 9 heteroatoms. The number of halogens is 1. The van der Waals surface area contributed by atoms with E-state index in [1.165, 1.54) is 12.4 Å². The molecule has 2 heterocycles. The Morgan fingerprint density at radius 3 is 2.41 bits per heavy atom. The lowest BCUT2D eigenvalue weighted by molar-refractivity contribution is -0.384. The van der Waals surface area contributed by atoms with Crippen LogP contribution in [0.25, 0.3) is 10.9 Å². The smallest absolute Gasteiger partial charge is 0.293 e. The van der Waals surface area contributed by atoms with E-state index in [-0.39, 0.29) is 17.1 Å². The second kappa shape index (κ2) is 9.24. The maximum Gasteiger partial charge on any atom is 0.293 e. The third-order valence-corrected chi connectivity index (χ3v) is 6.61. The molecule has 1 aliphatic heterocycles. The van der Waals surface area contributed by atoms with Crippen molar-refractivity contribution in [2.75, 3.05) is 31.1 Å². The van der Waals surface area contributed by atoms with Crippen molar-refractivity contribution < 1.29 is 4.92 Å². The summed E-state index contributed by atoms with van der Waals surface area (Å²) in [7, 11) is 0. The summed E-state index contributed by atoms with van der Waals surface area (Å²) in [5.74, 6) is 0. The number of nitro benzene ring substituents is 1. The standard InChI is InChI=1S/C25H22ClN5O3/c26-20-9-5-4-8-18(20)24(17-6-2-1-3-7-17)30-12-10-29(11-13-30)22-15-21-19(14-23(22)31(33)34)25(32)28-16-27-21/h1-9,14-16,24H,10-13H2,(H,27,28,32). The minimum Gasteiger partial charge on any atom is -0.363 e. The fourth-order valence-electron chi connectivity index (χ4n) is 4.63. The molecule has 1 fully saturated rings. The van der Waals surface area contributed by atoms with Crippen LogP contribution in [0.2, 0.25) is 5.02 Å². The van der Waals surface area contributed by atoms with Gasteiger partial charge in [0.05, 0.1) is 28.2 Å². The molecule has 1 aliphatic rings. The number of nitrogens with one attached hydrogen (secondary N) is 1. The highest BCUT2D eigenvalue weighted by atomic mass is 35.5. The monoisotopic (exact) mass is 475 g/mol. The number of anilines is 1. The topological polar surface area (TPSA) is 95.4 Å². The Balaban J connectivity index is 1.46. The van der Waals surface area contributed by atoms with E-state index in [0.717, 1.165) is 11.1 Å². The first kappa shape index (κ1) is 22.1. The second-order valence-corrected chi connectivity index (χ2v) is 8.61. The van der Waals surface area contributed by atoms with Crippen molar-refractivity contribution in [3.63, 3.8) is 0 Å². The van der Waals surface area contributed by atoms with Crippen LogP contribution in [0.3, 0.4) is 0 Å². The Morgan fingerprint density at radius 2 is 1.71 bits per heavy atom. The molecule has 1 aromatic heterocycles. The minimum absolute atomic E-state index is 0.0242. The van der Waals surface area contributed by atoms with Crippen LogP contribution in [0.4, 0.5) is 11.4 Å². The first-order valence-corrected chi connectivity index (χ1v) is 11.3. The SMILES string of the molecule is O=c1[nH]cnc2cc(N3CCN(C(c4ccccc4)c4ccccc4Cl)CC3)c([N+](=O)[O-])cc12. The van der Waals surface area contributed by atoms with Crippen LogP contribution in [-0.4, -0.2) is 46.0 Å². The molecule has 3 aromatic carbocycles. The van der Waals surface area contributed by atoms with Crippen molar-refractivity contribution in [3.05, 3.63) is 110 Å². The van der Waals surface area contributed by atoms with E-state index in [1.54, 1.807) is 6.07 Å². The number of piperazine rings is 1. The summed E-state index contributed by atoms with van der Waals surface area (Å²) in [6.45, 7) is 2.54. The summed E-state index contributed by atoms with van der Waals surface area (Å²) in [6.07, 6.45) is 1.31. The van der Waals surface area contributed by atoms with Crippen LogP contribution in [0.15, 0.2) is 77.9 Å². The lowest BCUT2D eigenvalue weighted by atomic mass is 9.96. The molecular weight excluding hydrogens is 454 g/mol. The lowest BCUT2D eigenvalue weighted by Gasteiger charge is -2.40. The van der Waals surface area contributed by atoms with Gasteiger partial charge in [0.2, 0.25) is 0 Å². The summed E-state index contributed by atoms with van der Waals surface area (Å²) in [5, 5.41) is 12.7. The Labute approximate surface area is 200 Å². The first-order chi connectivity index (χ1) is 16.5. The van der Waals surface area contributed by atoms with Gasteiger partial charge in [0.1, 0.15) is 5.69 Å². The predicted octanol–water partition coefficient (Wildman–Crippen LogP) is 4.40. The summed E-state index contributed by atoms with van der Waals surface area (Å²) in [6, 6.07) is 21.0. The van der Waals surface area contributed by atoms with Gasteiger partial charge in [-0.2, -0.15) is 0 Å².